The van der Waals surface area contributed by atoms with E-state index in [0.717, 1.165) is 23.3 Å². The second-order valence-corrected chi connectivity index (χ2v) is 4.81. The molecule has 2 aromatic rings. The molecular formula is C18H20N2O. The average Bonchev–Trinajstić information content (AvgIpc) is 2.55. The van der Waals surface area contributed by atoms with Crippen molar-refractivity contribution in [1.29, 1.82) is 0 Å². The zero-order valence-electron chi connectivity index (χ0n) is 12.0. The molecular weight excluding hydrogens is 260 g/mol. The van der Waals surface area contributed by atoms with Gasteiger partial charge in [-0.1, -0.05) is 42.5 Å². The molecule has 0 aliphatic heterocycles. The lowest BCUT2D eigenvalue weighted by Gasteiger charge is -2.16. The molecule has 0 saturated carbocycles. The van der Waals surface area contributed by atoms with Crippen LogP contribution in [0.3, 0.4) is 0 Å². The van der Waals surface area contributed by atoms with Gasteiger partial charge in [0.05, 0.1) is 0 Å². The van der Waals surface area contributed by atoms with Crippen molar-refractivity contribution in [2.75, 3.05) is 0 Å². The fourth-order valence-corrected chi connectivity index (χ4v) is 2.14. The summed E-state index contributed by atoms with van der Waals surface area (Å²) in [6, 6.07) is 18.1. The Morgan fingerprint density at radius 3 is 2.67 bits per heavy atom. The van der Waals surface area contributed by atoms with Gasteiger partial charge in [0, 0.05) is 12.5 Å². The van der Waals surface area contributed by atoms with Crippen molar-refractivity contribution in [1.82, 2.24) is 5.43 Å². The Balaban J connectivity index is 2.01. The second kappa shape index (κ2) is 8.11. The van der Waals surface area contributed by atoms with Crippen LogP contribution in [0.2, 0.25) is 0 Å². The summed E-state index contributed by atoms with van der Waals surface area (Å²) in [5, 5.41) is 0. The molecule has 2 aromatic carbocycles. The van der Waals surface area contributed by atoms with E-state index < -0.39 is 0 Å². The maximum Gasteiger partial charge on any atom is 0.120 e. The smallest absolute Gasteiger partial charge is 0.120 e. The van der Waals surface area contributed by atoms with E-state index >= 15 is 0 Å². The van der Waals surface area contributed by atoms with Crippen molar-refractivity contribution in [3.8, 4) is 18.1 Å². The molecule has 3 heteroatoms. The molecule has 0 radical (unpaired) electrons. The van der Waals surface area contributed by atoms with E-state index in [0.29, 0.717) is 13.0 Å². The Kier molecular flexibility index (Phi) is 5.83. The highest BCUT2D eigenvalue weighted by atomic mass is 16.5. The first-order chi connectivity index (χ1) is 10.3. The lowest BCUT2D eigenvalue weighted by molar-refractivity contribution is 0.305. The third-order valence-corrected chi connectivity index (χ3v) is 3.29. The third kappa shape index (κ3) is 4.64. The van der Waals surface area contributed by atoms with Crippen LogP contribution in [0, 0.1) is 12.3 Å². The highest BCUT2D eigenvalue weighted by Gasteiger charge is 2.09. The molecule has 2 rings (SSSR count). The first kappa shape index (κ1) is 15.1. The number of nitrogens with two attached hydrogens (primary N) is 1. The number of benzene rings is 2. The van der Waals surface area contributed by atoms with E-state index in [-0.39, 0.29) is 6.04 Å². The van der Waals surface area contributed by atoms with Crippen LogP contribution in [-0.4, -0.2) is 0 Å². The molecule has 0 amide bonds. The molecule has 0 saturated heterocycles. The van der Waals surface area contributed by atoms with Crippen LogP contribution in [0.4, 0.5) is 0 Å². The van der Waals surface area contributed by atoms with Crippen molar-refractivity contribution in [3.63, 3.8) is 0 Å². The summed E-state index contributed by atoms with van der Waals surface area (Å²) < 4.78 is 5.82. The summed E-state index contributed by atoms with van der Waals surface area (Å²) in [6.07, 6.45) is 6.79. The number of nitrogens with one attached hydrogen (secondary N) is 1. The summed E-state index contributed by atoms with van der Waals surface area (Å²) in [7, 11) is 0. The lowest BCUT2D eigenvalue weighted by Crippen LogP contribution is -2.27. The Morgan fingerprint density at radius 1 is 1.14 bits per heavy atom. The highest BCUT2D eigenvalue weighted by Crippen LogP contribution is 2.22. The summed E-state index contributed by atoms with van der Waals surface area (Å²) in [5.41, 5.74) is 5.03. The summed E-state index contributed by atoms with van der Waals surface area (Å²) in [4.78, 5) is 0. The van der Waals surface area contributed by atoms with Crippen molar-refractivity contribution < 1.29 is 4.74 Å². The van der Waals surface area contributed by atoms with E-state index in [2.05, 4.69) is 11.3 Å². The average molecular weight is 280 g/mol. The fourth-order valence-electron chi connectivity index (χ4n) is 2.14. The van der Waals surface area contributed by atoms with Crippen LogP contribution in [0.25, 0.3) is 0 Å². The number of rotatable bonds is 7. The molecule has 0 heterocycles. The van der Waals surface area contributed by atoms with Gasteiger partial charge in [-0.2, -0.15) is 0 Å². The SMILES string of the molecule is C#CCCC(NN)c1cccc(OCc2ccccc2)c1. The van der Waals surface area contributed by atoms with Gasteiger partial charge in [0.15, 0.2) is 0 Å². The first-order valence-electron chi connectivity index (χ1n) is 6.99. The maximum absolute atomic E-state index is 5.82. The molecule has 1 unspecified atom stereocenters. The lowest BCUT2D eigenvalue weighted by atomic mass is 10.0. The molecule has 21 heavy (non-hydrogen) atoms. The molecule has 0 aliphatic rings. The number of hydrogen-bond donors (Lipinski definition) is 2. The molecule has 0 fully saturated rings. The molecule has 1 atom stereocenters. The van der Waals surface area contributed by atoms with Crippen LogP contribution >= 0.6 is 0 Å². The number of ether oxygens (including phenoxy) is 1. The number of hydrazine groups is 1. The Morgan fingerprint density at radius 2 is 1.95 bits per heavy atom. The highest BCUT2D eigenvalue weighted by molar-refractivity contribution is 5.31. The van der Waals surface area contributed by atoms with Gasteiger partial charge in [-0.25, -0.2) is 0 Å². The van der Waals surface area contributed by atoms with Gasteiger partial charge >= 0.3 is 0 Å². The fraction of sp³-hybridized carbons (Fsp3) is 0.222. The van der Waals surface area contributed by atoms with Crippen LogP contribution in [0.5, 0.6) is 5.75 Å². The predicted molar refractivity (Wildman–Crippen MR) is 85.3 cm³/mol. The van der Waals surface area contributed by atoms with Crippen LogP contribution in [-0.2, 0) is 6.61 Å². The van der Waals surface area contributed by atoms with Gasteiger partial charge in [-0.3, -0.25) is 11.3 Å². The minimum absolute atomic E-state index is 0.0429. The standard InChI is InChI=1S/C18H20N2O/c1-2-3-12-18(20-19)16-10-7-11-17(13-16)21-14-15-8-5-4-6-9-15/h1,4-11,13,18,20H,3,12,14,19H2. The summed E-state index contributed by atoms with van der Waals surface area (Å²) in [5.74, 6) is 9.07. The van der Waals surface area contributed by atoms with Crippen LogP contribution in [0.1, 0.15) is 30.0 Å². The zero-order chi connectivity index (χ0) is 14.9. The predicted octanol–water partition coefficient (Wildman–Crippen LogP) is 3.18. The zero-order valence-corrected chi connectivity index (χ0v) is 12.0. The van der Waals surface area contributed by atoms with E-state index in [1.165, 1.54) is 0 Å². The van der Waals surface area contributed by atoms with E-state index in [1.54, 1.807) is 0 Å². The summed E-state index contributed by atoms with van der Waals surface area (Å²) in [6.45, 7) is 0.551. The van der Waals surface area contributed by atoms with E-state index in [4.69, 9.17) is 17.0 Å². The Labute approximate surface area is 126 Å². The molecule has 0 spiro atoms. The Bertz CT molecular complexity index is 590. The summed E-state index contributed by atoms with van der Waals surface area (Å²) >= 11 is 0. The second-order valence-electron chi connectivity index (χ2n) is 4.81. The minimum Gasteiger partial charge on any atom is -0.489 e. The number of terminal acetylenes is 1. The van der Waals surface area contributed by atoms with E-state index in [9.17, 15) is 0 Å². The normalized spacial score (nSPS) is 11.6. The molecule has 0 aromatic heterocycles. The number of hydrogen-bond acceptors (Lipinski definition) is 3. The van der Waals surface area contributed by atoms with Crippen LogP contribution < -0.4 is 16.0 Å². The van der Waals surface area contributed by atoms with Gasteiger partial charge in [-0.15, -0.1) is 12.3 Å². The van der Waals surface area contributed by atoms with Gasteiger partial charge in [0.25, 0.3) is 0 Å². The molecule has 0 bridgehead atoms. The monoisotopic (exact) mass is 280 g/mol. The Hall–Kier alpha value is -2.28. The topological polar surface area (TPSA) is 47.3 Å². The van der Waals surface area contributed by atoms with E-state index in [1.807, 2.05) is 54.6 Å². The van der Waals surface area contributed by atoms with Crippen LogP contribution in [0.15, 0.2) is 54.6 Å². The molecule has 108 valence electrons. The van der Waals surface area contributed by atoms with Gasteiger partial charge in [0.1, 0.15) is 12.4 Å². The van der Waals surface area contributed by atoms with Crippen molar-refractivity contribution >= 4 is 0 Å². The quantitative estimate of drug-likeness (QED) is 0.465. The van der Waals surface area contributed by atoms with Gasteiger partial charge in [0.2, 0.25) is 0 Å². The first-order valence-corrected chi connectivity index (χ1v) is 6.99. The third-order valence-electron chi connectivity index (χ3n) is 3.29. The molecule has 3 nitrogen and oxygen atoms in total. The minimum atomic E-state index is 0.0429. The molecule has 0 aliphatic carbocycles. The maximum atomic E-state index is 5.82. The van der Waals surface area contributed by atoms with Crippen molar-refractivity contribution in [3.05, 3.63) is 65.7 Å². The van der Waals surface area contributed by atoms with Crippen molar-refractivity contribution in [2.45, 2.75) is 25.5 Å². The largest absolute Gasteiger partial charge is 0.489 e. The van der Waals surface area contributed by atoms with Crippen molar-refractivity contribution in [2.24, 2.45) is 5.84 Å². The van der Waals surface area contributed by atoms with Gasteiger partial charge in [-0.05, 0) is 29.7 Å². The van der Waals surface area contributed by atoms with Gasteiger partial charge < -0.3 is 4.74 Å². The molecule has 3 N–H and O–H groups in total.